The minimum atomic E-state index is -0.668. The van der Waals surface area contributed by atoms with Crippen molar-refractivity contribution in [3.05, 3.63) is 70.9 Å². The lowest BCUT2D eigenvalue weighted by atomic mass is 9.77. The van der Waals surface area contributed by atoms with E-state index in [1.807, 2.05) is 0 Å². The monoisotopic (exact) mass is 532 g/mol. The SMILES string of the molecule is CCCC1=CC(CCC)(OC(=O)C2=C(C(=O)OC3(CCC)C=C(CCC)C=CC3)C3C=CC2C3(C)C)CC=C1. The predicted octanol–water partition coefficient (Wildman–Crippen LogP) is 8.66. The molecule has 4 atom stereocenters. The topological polar surface area (TPSA) is 52.6 Å². The smallest absolute Gasteiger partial charge is 0.336 e. The van der Waals surface area contributed by atoms with Gasteiger partial charge < -0.3 is 9.47 Å². The summed E-state index contributed by atoms with van der Waals surface area (Å²) in [5, 5.41) is 0. The zero-order valence-electron chi connectivity index (χ0n) is 25.0. The predicted molar refractivity (Wildman–Crippen MR) is 158 cm³/mol. The molecule has 0 N–H and O–H groups in total. The van der Waals surface area contributed by atoms with Crippen LogP contribution in [0.5, 0.6) is 0 Å². The molecule has 0 aliphatic heterocycles. The second-order valence-electron chi connectivity index (χ2n) is 12.5. The molecule has 0 radical (unpaired) electrons. The molecular formula is C35H48O4. The molecule has 4 aliphatic rings. The number of hydrogen-bond donors (Lipinski definition) is 0. The van der Waals surface area contributed by atoms with Gasteiger partial charge in [0.05, 0.1) is 11.1 Å². The van der Waals surface area contributed by atoms with Crippen molar-refractivity contribution in [2.45, 2.75) is 117 Å². The van der Waals surface area contributed by atoms with Crippen LogP contribution in [0.4, 0.5) is 0 Å². The fourth-order valence-electron chi connectivity index (χ4n) is 7.17. The summed E-state index contributed by atoms with van der Waals surface area (Å²) in [7, 11) is 0. The van der Waals surface area contributed by atoms with Crippen molar-refractivity contribution in [3.63, 3.8) is 0 Å². The normalized spacial score (nSPS) is 30.4. The Morgan fingerprint density at radius 1 is 0.718 bits per heavy atom. The molecule has 0 aromatic carbocycles. The second kappa shape index (κ2) is 11.9. The third-order valence-electron chi connectivity index (χ3n) is 8.95. The minimum absolute atomic E-state index is 0.158. The third-order valence-corrected chi connectivity index (χ3v) is 8.95. The Labute approximate surface area is 236 Å². The van der Waals surface area contributed by atoms with E-state index in [4.69, 9.17) is 9.47 Å². The summed E-state index contributed by atoms with van der Waals surface area (Å²) >= 11 is 0. The molecule has 0 aromatic heterocycles. The standard InChI is InChI=1S/C35H48O4/c1-7-13-25-15-11-21-34(23-25,19-9-3)38-31(36)29-27-17-18-28(33(27,5)6)30(29)32(37)39-35(20-10-4)22-12-16-26(24-35)14-8-2/h11-12,15-18,23-24,27-28H,7-10,13-14,19-22H2,1-6H3. The number of carbonyl (C=O) groups excluding carboxylic acids is 2. The van der Waals surface area contributed by atoms with E-state index in [0.29, 0.717) is 24.0 Å². The molecule has 0 saturated carbocycles. The van der Waals surface area contributed by atoms with E-state index in [9.17, 15) is 9.59 Å². The molecule has 39 heavy (non-hydrogen) atoms. The van der Waals surface area contributed by atoms with Gasteiger partial charge in [0, 0.05) is 24.7 Å². The van der Waals surface area contributed by atoms with Gasteiger partial charge in [0.2, 0.25) is 0 Å². The highest BCUT2D eigenvalue weighted by Gasteiger charge is 2.56. The maximum absolute atomic E-state index is 14.1. The first-order chi connectivity index (χ1) is 18.6. The van der Waals surface area contributed by atoms with Crippen LogP contribution in [-0.2, 0) is 19.1 Å². The largest absolute Gasteiger partial charge is 0.451 e. The van der Waals surface area contributed by atoms with Gasteiger partial charge in [-0.1, -0.05) is 104 Å². The lowest BCUT2D eigenvalue weighted by Crippen LogP contribution is -2.37. The summed E-state index contributed by atoms with van der Waals surface area (Å²) in [6, 6.07) is 0. The molecule has 4 aliphatic carbocycles. The van der Waals surface area contributed by atoms with Gasteiger partial charge in [-0.15, -0.1) is 0 Å². The van der Waals surface area contributed by atoms with E-state index < -0.39 is 11.2 Å². The van der Waals surface area contributed by atoms with Crippen LogP contribution < -0.4 is 0 Å². The summed E-state index contributed by atoms with van der Waals surface area (Å²) in [4.78, 5) is 28.2. The first-order valence-corrected chi connectivity index (χ1v) is 15.3. The summed E-state index contributed by atoms with van der Waals surface area (Å²) in [5.41, 5.74) is 1.83. The molecule has 0 heterocycles. The van der Waals surface area contributed by atoms with E-state index in [0.717, 1.165) is 51.4 Å². The lowest BCUT2D eigenvalue weighted by molar-refractivity contribution is -0.154. The first kappa shape index (κ1) is 29.4. The van der Waals surface area contributed by atoms with Crippen LogP contribution >= 0.6 is 0 Å². The maximum atomic E-state index is 14.1. The molecule has 0 spiro atoms. The molecule has 4 nitrogen and oxygen atoms in total. The van der Waals surface area contributed by atoms with Crippen molar-refractivity contribution < 1.29 is 19.1 Å². The molecule has 0 aromatic rings. The molecule has 4 rings (SSSR count). The average molecular weight is 533 g/mol. The van der Waals surface area contributed by atoms with Gasteiger partial charge in [-0.2, -0.15) is 0 Å². The van der Waals surface area contributed by atoms with Crippen molar-refractivity contribution in [3.8, 4) is 0 Å². The first-order valence-electron chi connectivity index (χ1n) is 15.3. The Hall–Kier alpha value is -2.62. The fraction of sp³-hybridized carbons (Fsp3) is 0.600. The van der Waals surface area contributed by atoms with Crippen molar-refractivity contribution in [2.24, 2.45) is 17.3 Å². The second-order valence-corrected chi connectivity index (χ2v) is 12.5. The van der Waals surface area contributed by atoms with Gasteiger partial charge in [-0.05, 0) is 54.4 Å². The molecule has 0 fully saturated rings. The van der Waals surface area contributed by atoms with E-state index >= 15 is 0 Å². The van der Waals surface area contributed by atoms with E-state index in [1.54, 1.807) is 0 Å². The molecule has 2 bridgehead atoms. The molecule has 212 valence electrons. The number of esters is 2. The lowest BCUT2D eigenvalue weighted by Gasteiger charge is -2.34. The summed E-state index contributed by atoms with van der Waals surface area (Å²) in [6.07, 6.45) is 25.7. The number of carbonyl (C=O) groups is 2. The Morgan fingerprint density at radius 3 is 1.49 bits per heavy atom. The average Bonchev–Trinajstić information content (AvgIpc) is 3.29. The van der Waals surface area contributed by atoms with Crippen LogP contribution in [0.3, 0.4) is 0 Å². The number of hydrogen-bond acceptors (Lipinski definition) is 4. The maximum Gasteiger partial charge on any atom is 0.336 e. The Kier molecular flexibility index (Phi) is 8.93. The molecule has 4 heteroatoms. The highest BCUT2D eigenvalue weighted by atomic mass is 16.6. The summed E-state index contributed by atoms with van der Waals surface area (Å²) in [6.45, 7) is 12.9. The highest BCUT2D eigenvalue weighted by Crippen LogP contribution is 2.57. The molecule has 4 unspecified atom stereocenters. The van der Waals surface area contributed by atoms with Crippen molar-refractivity contribution in [2.75, 3.05) is 0 Å². The van der Waals surface area contributed by atoms with Crippen molar-refractivity contribution >= 4 is 11.9 Å². The molecule has 0 saturated heterocycles. The Morgan fingerprint density at radius 2 is 1.13 bits per heavy atom. The van der Waals surface area contributed by atoms with Gasteiger partial charge in [0.1, 0.15) is 11.2 Å². The number of ether oxygens (including phenoxy) is 2. The Balaban J connectivity index is 1.68. The van der Waals surface area contributed by atoms with Gasteiger partial charge in [0.25, 0.3) is 0 Å². The van der Waals surface area contributed by atoms with E-state index in [2.05, 4.69) is 90.2 Å². The van der Waals surface area contributed by atoms with Gasteiger partial charge in [-0.25, -0.2) is 9.59 Å². The molecule has 0 amide bonds. The third kappa shape index (κ3) is 5.81. The number of fused-ring (bicyclic) bond motifs is 2. The van der Waals surface area contributed by atoms with Crippen LogP contribution in [0.25, 0.3) is 0 Å². The zero-order chi connectivity index (χ0) is 28.3. The minimum Gasteiger partial charge on any atom is -0.451 e. The fourth-order valence-corrected chi connectivity index (χ4v) is 7.17. The van der Waals surface area contributed by atoms with Gasteiger partial charge in [0.15, 0.2) is 0 Å². The van der Waals surface area contributed by atoms with E-state index in [-0.39, 0.29) is 29.2 Å². The quantitative estimate of drug-likeness (QED) is 0.186. The van der Waals surface area contributed by atoms with Crippen LogP contribution in [0.15, 0.2) is 70.9 Å². The zero-order valence-corrected chi connectivity index (χ0v) is 25.0. The highest BCUT2D eigenvalue weighted by molar-refractivity contribution is 6.04. The van der Waals surface area contributed by atoms with Crippen LogP contribution in [0.1, 0.15) is 106 Å². The Bertz CT molecular complexity index is 1060. The van der Waals surface area contributed by atoms with Crippen LogP contribution in [0, 0.1) is 17.3 Å². The number of allylic oxidation sites excluding steroid dienone is 6. The van der Waals surface area contributed by atoms with E-state index in [1.165, 1.54) is 11.1 Å². The van der Waals surface area contributed by atoms with Crippen molar-refractivity contribution in [1.29, 1.82) is 0 Å². The van der Waals surface area contributed by atoms with Crippen LogP contribution in [0.2, 0.25) is 0 Å². The summed E-state index contributed by atoms with van der Waals surface area (Å²) in [5.74, 6) is -1.04. The molecular weight excluding hydrogens is 484 g/mol. The van der Waals surface area contributed by atoms with Crippen molar-refractivity contribution in [1.82, 2.24) is 0 Å². The summed E-state index contributed by atoms with van der Waals surface area (Å²) < 4.78 is 12.9. The van der Waals surface area contributed by atoms with Gasteiger partial charge >= 0.3 is 11.9 Å². The van der Waals surface area contributed by atoms with Crippen LogP contribution in [-0.4, -0.2) is 23.1 Å². The number of rotatable bonds is 12. The van der Waals surface area contributed by atoms with Gasteiger partial charge in [-0.3, -0.25) is 0 Å².